The van der Waals surface area contributed by atoms with Crippen LogP contribution in [0.4, 0.5) is 17.2 Å². The summed E-state index contributed by atoms with van der Waals surface area (Å²) < 4.78 is 0.935. The third-order valence-electron chi connectivity index (χ3n) is 2.42. The zero-order chi connectivity index (χ0) is 13.1. The van der Waals surface area contributed by atoms with Crippen molar-refractivity contribution in [1.82, 2.24) is 4.98 Å². The molecule has 0 saturated heterocycles. The Hall–Kier alpha value is -2.06. The quantitative estimate of drug-likeness (QED) is 0.892. The molecule has 3 N–H and O–H groups in total. The highest BCUT2D eigenvalue weighted by Crippen LogP contribution is 2.26. The number of rotatable bonds is 2. The van der Waals surface area contributed by atoms with Crippen LogP contribution in [0.5, 0.6) is 0 Å². The van der Waals surface area contributed by atoms with Crippen LogP contribution in [-0.4, -0.2) is 4.98 Å². The molecule has 18 heavy (non-hydrogen) atoms. The van der Waals surface area contributed by atoms with Crippen molar-refractivity contribution in [1.29, 1.82) is 5.26 Å². The first-order valence-corrected chi connectivity index (χ1v) is 6.09. The third-order valence-corrected chi connectivity index (χ3v) is 3.11. The molecule has 0 fully saturated rings. The number of anilines is 3. The van der Waals surface area contributed by atoms with Gasteiger partial charge in [-0.25, -0.2) is 4.98 Å². The minimum absolute atomic E-state index is 0.226. The number of aryl methyl sites for hydroxylation is 1. The molecule has 0 spiro atoms. The second-order valence-electron chi connectivity index (χ2n) is 3.85. The topological polar surface area (TPSA) is 74.7 Å². The molecule has 0 atom stereocenters. The molecule has 4 nitrogen and oxygen atoms in total. The molecule has 90 valence electrons. The summed E-state index contributed by atoms with van der Waals surface area (Å²) in [6.07, 6.45) is 0. The fraction of sp³-hybridized carbons (Fsp3) is 0.0769. The van der Waals surface area contributed by atoms with Gasteiger partial charge in [-0.1, -0.05) is 6.07 Å². The van der Waals surface area contributed by atoms with E-state index in [1.54, 1.807) is 12.1 Å². The van der Waals surface area contributed by atoms with Gasteiger partial charge in [0.2, 0.25) is 0 Å². The van der Waals surface area contributed by atoms with Gasteiger partial charge in [-0.15, -0.1) is 0 Å². The maximum Gasteiger partial charge on any atom is 0.165 e. The lowest BCUT2D eigenvalue weighted by Crippen LogP contribution is -1.99. The van der Waals surface area contributed by atoms with E-state index in [1.165, 1.54) is 0 Å². The minimum Gasteiger partial charge on any atom is -0.396 e. The molecule has 1 aromatic heterocycles. The van der Waals surface area contributed by atoms with Crippen LogP contribution in [-0.2, 0) is 0 Å². The second kappa shape index (κ2) is 5.07. The van der Waals surface area contributed by atoms with Crippen molar-refractivity contribution >= 4 is 33.1 Å². The average molecular weight is 303 g/mol. The van der Waals surface area contributed by atoms with E-state index in [2.05, 4.69) is 26.2 Å². The molecule has 0 radical (unpaired) electrons. The lowest BCUT2D eigenvalue weighted by Gasteiger charge is -2.09. The molecular formula is C13H11BrN4. The van der Waals surface area contributed by atoms with Crippen LogP contribution in [0, 0.1) is 18.3 Å². The Kier molecular flexibility index (Phi) is 3.49. The molecular weight excluding hydrogens is 292 g/mol. The van der Waals surface area contributed by atoms with Crippen molar-refractivity contribution in [2.24, 2.45) is 0 Å². The van der Waals surface area contributed by atoms with E-state index in [4.69, 9.17) is 11.0 Å². The molecule has 1 aromatic carbocycles. The Balaban J connectivity index is 2.34. The molecule has 0 aliphatic rings. The van der Waals surface area contributed by atoms with Gasteiger partial charge in [0.05, 0.1) is 11.4 Å². The normalized spacial score (nSPS) is 9.83. The number of nitrogens with one attached hydrogen (secondary N) is 1. The first-order chi connectivity index (χ1) is 8.60. The zero-order valence-electron chi connectivity index (χ0n) is 9.74. The molecule has 2 rings (SSSR count). The van der Waals surface area contributed by atoms with Crippen molar-refractivity contribution in [3.8, 4) is 6.07 Å². The number of hydrogen-bond donors (Lipinski definition) is 2. The number of nitrogens with zero attached hydrogens (tertiary/aromatic N) is 2. The van der Waals surface area contributed by atoms with Crippen LogP contribution >= 0.6 is 15.9 Å². The summed E-state index contributed by atoms with van der Waals surface area (Å²) in [6.45, 7) is 2.01. The first-order valence-electron chi connectivity index (χ1n) is 5.30. The van der Waals surface area contributed by atoms with Gasteiger partial charge in [0.1, 0.15) is 11.9 Å². The van der Waals surface area contributed by atoms with Crippen molar-refractivity contribution in [2.75, 3.05) is 11.1 Å². The summed E-state index contributed by atoms with van der Waals surface area (Å²) in [4.78, 5) is 4.14. The van der Waals surface area contributed by atoms with Crippen LogP contribution < -0.4 is 11.1 Å². The van der Waals surface area contributed by atoms with Gasteiger partial charge in [-0.05, 0) is 52.7 Å². The van der Waals surface area contributed by atoms with Crippen LogP contribution in [0.3, 0.4) is 0 Å². The number of aromatic nitrogens is 1. The van der Waals surface area contributed by atoms with Crippen molar-refractivity contribution in [3.05, 3.63) is 46.1 Å². The molecule has 5 heteroatoms. The van der Waals surface area contributed by atoms with Gasteiger partial charge in [0, 0.05) is 4.47 Å². The number of hydrogen-bond acceptors (Lipinski definition) is 4. The van der Waals surface area contributed by atoms with E-state index in [1.807, 2.05) is 31.2 Å². The highest BCUT2D eigenvalue weighted by atomic mass is 79.9. The van der Waals surface area contributed by atoms with E-state index in [9.17, 15) is 0 Å². The van der Waals surface area contributed by atoms with Crippen LogP contribution in [0.1, 0.15) is 11.3 Å². The van der Waals surface area contributed by atoms with Gasteiger partial charge in [-0.3, -0.25) is 0 Å². The Labute approximate surface area is 114 Å². The van der Waals surface area contributed by atoms with Gasteiger partial charge in [-0.2, -0.15) is 5.26 Å². The Morgan fingerprint density at radius 1 is 1.33 bits per heavy atom. The van der Waals surface area contributed by atoms with Crippen LogP contribution in [0.15, 0.2) is 34.8 Å². The summed E-state index contributed by atoms with van der Waals surface area (Å²) >= 11 is 3.46. The Morgan fingerprint density at radius 2 is 2.11 bits per heavy atom. The molecule has 0 amide bonds. The number of pyridine rings is 1. The highest BCUT2D eigenvalue weighted by molar-refractivity contribution is 9.10. The molecule has 0 aliphatic heterocycles. The third kappa shape index (κ3) is 2.60. The molecule has 1 heterocycles. The van der Waals surface area contributed by atoms with Crippen LogP contribution in [0.25, 0.3) is 0 Å². The summed E-state index contributed by atoms with van der Waals surface area (Å²) in [7, 11) is 0. The lowest BCUT2D eigenvalue weighted by molar-refractivity contribution is 1.25. The maximum atomic E-state index is 8.88. The first kappa shape index (κ1) is 12.4. The van der Waals surface area contributed by atoms with Crippen molar-refractivity contribution in [2.45, 2.75) is 6.92 Å². The molecule has 2 aromatic rings. The molecule has 0 bridgehead atoms. The van der Waals surface area contributed by atoms with Gasteiger partial charge in [0.15, 0.2) is 5.69 Å². The monoisotopic (exact) mass is 302 g/mol. The molecule has 0 saturated carbocycles. The lowest BCUT2D eigenvalue weighted by atomic mass is 10.2. The standard InChI is InChI=1S/C13H11BrN4/c1-8-2-3-9(14)11(6-8)17-13-5-4-10(16)12(7-15)18-13/h2-6H,16H2,1H3,(H,17,18). The fourth-order valence-electron chi connectivity index (χ4n) is 1.50. The highest BCUT2D eigenvalue weighted by Gasteiger charge is 2.05. The zero-order valence-corrected chi connectivity index (χ0v) is 11.3. The number of nitriles is 1. The maximum absolute atomic E-state index is 8.88. The Bertz CT molecular complexity index is 631. The average Bonchev–Trinajstić information content (AvgIpc) is 2.36. The fourth-order valence-corrected chi connectivity index (χ4v) is 1.85. The molecule has 0 aliphatic carbocycles. The van der Waals surface area contributed by atoms with E-state index in [-0.39, 0.29) is 5.69 Å². The number of nitrogen functional groups attached to an aromatic ring is 1. The number of nitrogens with two attached hydrogens (primary N) is 1. The van der Waals surface area contributed by atoms with Gasteiger partial charge < -0.3 is 11.1 Å². The van der Waals surface area contributed by atoms with E-state index >= 15 is 0 Å². The summed E-state index contributed by atoms with van der Waals surface area (Å²) in [5.41, 5.74) is 8.27. The van der Waals surface area contributed by atoms with Crippen molar-refractivity contribution < 1.29 is 0 Å². The van der Waals surface area contributed by atoms with E-state index < -0.39 is 0 Å². The molecule has 0 unspecified atom stereocenters. The summed E-state index contributed by atoms with van der Waals surface area (Å²) in [5, 5.41) is 12.0. The second-order valence-corrected chi connectivity index (χ2v) is 4.71. The van der Waals surface area contributed by atoms with Crippen LogP contribution in [0.2, 0.25) is 0 Å². The van der Waals surface area contributed by atoms with Gasteiger partial charge >= 0.3 is 0 Å². The van der Waals surface area contributed by atoms with Gasteiger partial charge in [0.25, 0.3) is 0 Å². The van der Waals surface area contributed by atoms with E-state index in [0.29, 0.717) is 11.5 Å². The number of benzene rings is 1. The SMILES string of the molecule is Cc1ccc(Br)c(Nc2ccc(N)c(C#N)n2)c1. The summed E-state index contributed by atoms with van der Waals surface area (Å²) in [6, 6.07) is 11.3. The predicted octanol–water partition coefficient (Wildman–Crippen LogP) is 3.35. The van der Waals surface area contributed by atoms with Crippen molar-refractivity contribution in [3.63, 3.8) is 0 Å². The number of halogens is 1. The summed E-state index contributed by atoms with van der Waals surface area (Å²) in [5.74, 6) is 0.590. The minimum atomic E-state index is 0.226. The largest absolute Gasteiger partial charge is 0.396 e. The smallest absolute Gasteiger partial charge is 0.165 e. The van der Waals surface area contributed by atoms with E-state index in [0.717, 1.165) is 15.7 Å². The Morgan fingerprint density at radius 3 is 2.83 bits per heavy atom. The predicted molar refractivity (Wildman–Crippen MR) is 75.5 cm³/mol.